The van der Waals surface area contributed by atoms with Crippen molar-refractivity contribution in [3.63, 3.8) is 0 Å². The van der Waals surface area contributed by atoms with Crippen molar-refractivity contribution < 1.29 is 9.53 Å². The summed E-state index contributed by atoms with van der Waals surface area (Å²) in [6.45, 7) is 4.17. The van der Waals surface area contributed by atoms with Gasteiger partial charge in [0.2, 0.25) is 5.91 Å². The predicted molar refractivity (Wildman–Crippen MR) is 95.0 cm³/mol. The lowest BCUT2D eigenvalue weighted by atomic mass is 9.89. The van der Waals surface area contributed by atoms with Gasteiger partial charge in [0.05, 0.1) is 24.4 Å². The molecule has 3 rings (SSSR count). The second-order valence-electron chi connectivity index (χ2n) is 6.16. The summed E-state index contributed by atoms with van der Waals surface area (Å²) in [5, 5.41) is 5.11. The summed E-state index contributed by atoms with van der Waals surface area (Å²) in [7, 11) is 0. The molecule has 6 nitrogen and oxygen atoms in total. The molecule has 0 spiro atoms. The third-order valence-corrected chi connectivity index (χ3v) is 4.84. The number of aromatic nitrogens is 2. The first-order chi connectivity index (χ1) is 11.5. The van der Waals surface area contributed by atoms with Crippen molar-refractivity contribution in [3.05, 3.63) is 29.3 Å². The van der Waals surface area contributed by atoms with Crippen LogP contribution < -0.4 is 11.1 Å². The Kier molecular flexibility index (Phi) is 5.23. The Bertz CT molecular complexity index is 708. The molecule has 3 N–H and O–H groups in total. The van der Waals surface area contributed by atoms with Crippen molar-refractivity contribution >= 4 is 22.4 Å². The molecule has 1 aliphatic rings. The number of ether oxygens (including phenoxy) is 1. The van der Waals surface area contributed by atoms with Gasteiger partial charge in [-0.15, -0.1) is 11.3 Å². The molecule has 7 heteroatoms. The monoisotopic (exact) mass is 346 g/mol. The molecule has 3 atom stereocenters. The van der Waals surface area contributed by atoms with Gasteiger partial charge in [0.1, 0.15) is 5.69 Å². The third-order valence-electron chi connectivity index (χ3n) is 4.08. The van der Waals surface area contributed by atoms with Crippen molar-refractivity contribution in [1.82, 2.24) is 9.97 Å². The first-order valence-corrected chi connectivity index (χ1v) is 9.01. The number of anilines is 1. The maximum absolute atomic E-state index is 11.4. The molecule has 2 aromatic rings. The van der Waals surface area contributed by atoms with E-state index in [1.807, 2.05) is 17.5 Å². The highest BCUT2D eigenvalue weighted by atomic mass is 32.1. The molecule has 1 aliphatic heterocycles. The van der Waals surface area contributed by atoms with E-state index in [-0.39, 0.29) is 24.7 Å². The number of rotatable bonds is 4. The van der Waals surface area contributed by atoms with E-state index in [2.05, 4.69) is 30.2 Å². The fourth-order valence-electron chi connectivity index (χ4n) is 3.09. The Morgan fingerprint density at radius 3 is 2.75 bits per heavy atom. The van der Waals surface area contributed by atoms with Crippen LogP contribution in [0.25, 0.3) is 11.4 Å². The zero-order valence-corrected chi connectivity index (χ0v) is 14.7. The van der Waals surface area contributed by atoms with Crippen LogP contribution in [0.2, 0.25) is 0 Å². The van der Waals surface area contributed by atoms with Gasteiger partial charge in [0.15, 0.2) is 5.13 Å². The molecule has 0 bridgehead atoms. The molecular formula is C17H22N4O2S. The van der Waals surface area contributed by atoms with Gasteiger partial charge >= 0.3 is 0 Å². The van der Waals surface area contributed by atoms with Crippen LogP contribution in [0.4, 0.5) is 5.13 Å². The molecule has 0 aromatic carbocycles. The highest BCUT2D eigenvalue weighted by Crippen LogP contribution is 2.33. The van der Waals surface area contributed by atoms with E-state index in [1.54, 1.807) is 0 Å². The number of hydrogen-bond donors (Lipinski definition) is 2. The topological polar surface area (TPSA) is 90.1 Å². The van der Waals surface area contributed by atoms with Crippen LogP contribution in [-0.4, -0.2) is 34.6 Å². The molecule has 128 valence electrons. The minimum Gasteiger partial charge on any atom is -0.376 e. The van der Waals surface area contributed by atoms with E-state index in [4.69, 9.17) is 15.5 Å². The summed E-state index contributed by atoms with van der Waals surface area (Å²) in [5.41, 5.74) is 7.97. The number of thiazole rings is 1. The molecule has 0 aliphatic carbocycles. The fraction of sp³-hybridized carbons (Fsp3) is 0.471. The molecule has 24 heavy (non-hydrogen) atoms. The standard InChI is InChI=1S/C17H22N4O2S/c1-10-6-12(7-11(2)23-10)13-4-3-5-14(19-13)15-9-24-17(20-15)21-16(22)8-18/h3-5,9-12H,6-8,18H2,1-2H3,(H,20,21,22)/t10-,11+,12?. The first kappa shape index (κ1) is 17.0. The minimum absolute atomic E-state index is 0.0528. The van der Waals surface area contributed by atoms with Gasteiger partial charge in [-0.1, -0.05) is 6.07 Å². The van der Waals surface area contributed by atoms with E-state index >= 15 is 0 Å². The van der Waals surface area contributed by atoms with E-state index in [9.17, 15) is 4.79 Å². The largest absolute Gasteiger partial charge is 0.376 e. The molecule has 2 aromatic heterocycles. The first-order valence-electron chi connectivity index (χ1n) is 8.13. The van der Waals surface area contributed by atoms with E-state index in [0.29, 0.717) is 11.0 Å². The number of nitrogens with zero attached hydrogens (tertiary/aromatic N) is 2. The van der Waals surface area contributed by atoms with Crippen molar-refractivity contribution in [3.8, 4) is 11.4 Å². The Morgan fingerprint density at radius 1 is 1.29 bits per heavy atom. The van der Waals surface area contributed by atoms with Gasteiger partial charge in [0, 0.05) is 17.0 Å². The van der Waals surface area contributed by atoms with Crippen LogP contribution in [-0.2, 0) is 9.53 Å². The summed E-state index contributed by atoms with van der Waals surface area (Å²) in [5.74, 6) is 0.154. The number of carbonyl (C=O) groups excluding carboxylic acids is 1. The minimum atomic E-state index is -0.247. The van der Waals surface area contributed by atoms with Gasteiger partial charge in [0.25, 0.3) is 0 Å². The van der Waals surface area contributed by atoms with Crippen LogP contribution in [0.5, 0.6) is 0 Å². The molecule has 0 radical (unpaired) electrons. The fourth-order valence-corrected chi connectivity index (χ4v) is 3.81. The van der Waals surface area contributed by atoms with Gasteiger partial charge < -0.3 is 15.8 Å². The maximum Gasteiger partial charge on any atom is 0.239 e. The number of pyridine rings is 1. The SMILES string of the molecule is C[C@@H]1CC(c2cccc(-c3csc(NC(=O)CN)n3)n2)C[C@H](C)O1. The lowest BCUT2D eigenvalue weighted by Gasteiger charge is -2.31. The normalized spacial score (nSPS) is 23.9. The second kappa shape index (κ2) is 7.38. The zero-order valence-electron chi connectivity index (χ0n) is 13.9. The molecular weight excluding hydrogens is 324 g/mol. The molecule has 1 amide bonds. The zero-order chi connectivity index (χ0) is 17.1. The Hall–Kier alpha value is -1.83. The predicted octanol–water partition coefficient (Wildman–Crippen LogP) is 2.77. The van der Waals surface area contributed by atoms with Crippen molar-refractivity contribution in [2.75, 3.05) is 11.9 Å². The second-order valence-corrected chi connectivity index (χ2v) is 7.02. The lowest BCUT2D eigenvalue weighted by molar-refractivity contribution is -0.114. The summed E-state index contributed by atoms with van der Waals surface area (Å²) in [6, 6.07) is 6.03. The summed E-state index contributed by atoms with van der Waals surface area (Å²) in [6.07, 6.45) is 2.47. The number of hydrogen-bond acceptors (Lipinski definition) is 6. The van der Waals surface area contributed by atoms with Gasteiger partial charge in [-0.25, -0.2) is 4.98 Å². The van der Waals surface area contributed by atoms with Crippen LogP contribution >= 0.6 is 11.3 Å². The maximum atomic E-state index is 11.4. The Balaban J connectivity index is 1.79. The lowest BCUT2D eigenvalue weighted by Crippen LogP contribution is -2.28. The number of amides is 1. The molecule has 1 fully saturated rings. The van der Waals surface area contributed by atoms with Gasteiger partial charge in [-0.05, 0) is 38.8 Å². The molecule has 1 unspecified atom stereocenters. The van der Waals surface area contributed by atoms with E-state index in [0.717, 1.165) is 29.9 Å². The highest BCUT2D eigenvalue weighted by Gasteiger charge is 2.26. The molecule has 1 saturated heterocycles. The molecule has 3 heterocycles. The summed E-state index contributed by atoms with van der Waals surface area (Å²) in [4.78, 5) is 20.6. The Morgan fingerprint density at radius 2 is 2.04 bits per heavy atom. The van der Waals surface area contributed by atoms with Crippen LogP contribution in [0.1, 0.15) is 38.3 Å². The van der Waals surface area contributed by atoms with Crippen LogP contribution in [0.3, 0.4) is 0 Å². The smallest absolute Gasteiger partial charge is 0.239 e. The van der Waals surface area contributed by atoms with E-state index < -0.39 is 0 Å². The quantitative estimate of drug-likeness (QED) is 0.888. The number of nitrogens with two attached hydrogens (primary N) is 1. The highest BCUT2D eigenvalue weighted by molar-refractivity contribution is 7.14. The number of nitrogens with one attached hydrogen (secondary N) is 1. The van der Waals surface area contributed by atoms with Crippen molar-refractivity contribution in [2.45, 2.75) is 44.8 Å². The summed E-state index contributed by atoms with van der Waals surface area (Å²) >= 11 is 1.37. The Labute approximate surface area is 145 Å². The van der Waals surface area contributed by atoms with Crippen molar-refractivity contribution in [2.24, 2.45) is 5.73 Å². The average molecular weight is 346 g/mol. The number of carbonyl (C=O) groups is 1. The van der Waals surface area contributed by atoms with Crippen LogP contribution in [0.15, 0.2) is 23.6 Å². The molecule has 0 saturated carbocycles. The van der Waals surface area contributed by atoms with Crippen molar-refractivity contribution in [1.29, 1.82) is 0 Å². The van der Waals surface area contributed by atoms with E-state index in [1.165, 1.54) is 11.3 Å². The average Bonchev–Trinajstić information content (AvgIpc) is 3.02. The van der Waals surface area contributed by atoms with Gasteiger partial charge in [-0.3, -0.25) is 9.78 Å². The third kappa shape index (κ3) is 3.98. The van der Waals surface area contributed by atoms with Crippen LogP contribution in [0, 0.1) is 0 Å². The summed E-state index contributed by atoms with van der Waals surface area (Å²) < 4.78 is 5.81. The van der Waals surface area contributed by atoms with Gasteiger partial charge in [-0.2, -0.15) is 0 Å².